The van der Waals surface area contributed by atoms with Crippen LogP contribution in [0.3, 0.4) is 0 Å². The van der Waals surface area contributed by atoms with Crippen LogP contribution in [0.15, 0.2) is 28.9 Å². The first kappa shape index (κ1) is 13.3. The average molecular weight is 294 g/mol. The zero-order chi connectivity index (χ0) is 14.1. The van der Waals surface area contributed by atoms with Crippen LogP contribution in [0, 0.1) is 6.92 Å². The van der Waals surface area contributed by atoms with Crippen LogP contribution in [0.4, 0.5) is 0 Å². The van der Waals surface area contributed by atoms with Crippen molar-refractivity contribution in [3.05, 3.63) is 46.4 Å². The molecule has 0 amide bonds. The largest absolute Gasteiger partial charge is 0.490 e. The fraction of sp³-hybridized carbons (Fsp3) is 0.333. The Hall–Kier alpha value is -1.65. The van der Waals surface area contributed by atoms with Crippen molar-refractivity contribution in [3.8, 4) is 11.5 Å². The van der Waals surface area contributed by atoms with Crippen molar-refractivity contribution in [2.45, 2.75) is 19.4 Å². The number of hydrogen-bond acceptors (Lipinski definition) is 4. The van der Waals surface area contributed by atoms with Crippen LogP contribution in [0.2, 0.25) is 5.02 Å². The molecule has 0 saturated carbocycles. The third-order valence-electron chi connectivity index (χ3n) is 3.44. The molecule has 2 heterocycles. The molecule has 4 nitrogen and oxygen atoms in total. The van der Waals surface area contributed by atoms with Crippen molar-refractivity contribution in [3.63, 3.8) is 0 Å². The number of nitrogens with two attached hydrogens (primary N) is 1. The number of furan rings is 1. The van der Waals surface area contributed by atoms with E-state index in [-0.39, 0.29) is 6.04 Å². The van der Waals surface area contributed by atoms with Crippen LogP contribution in [0.1, 0.15) is 29.3 Å². The average Bonchev–Trinajstić information content (AvgIpc) is 2.72. The summed E-state index contributed by atoms with van der Waals surface area (Å²) >= 11 is 6.33. The van der Waals surface area contributed by atoms with Crippen molar-refractivity contribution in [2.75, 3.05) is 13.2 Å². The van der Waals surface area contributed by atoms with E-state index in [0.717, 1.165) is 23.3 Å². The van der Waals surface area contributed by atoms with Gasteiger partial charge in [0, 0.05) is 23.1 Å². The van der Waals surface area contributed by atoms with E-state index in [9.17, 15) is 0 Å². The minimum absolute atomic E-state index is 0.349. The Labute approximate surface area is 122 Å². The zero-order valence-electron chi connectivity index (χ0n) is 11.2. The Morgan fingerprint density at radius 2 is 1.85 bits per heavy atom. The Morgan fingerprint density at radius 3 is 2.50 bits per heavy atom. The van der Waals surface area contributed by atoms with E-state index in [4.69, 9.17) is 31.2 Å². The van der Waals surface area contributed by atoms with Gasteiger partial charge in [0.1, 0.15) is 5.76 Å². The van der Waals surface area contributed by atoms with Gasteiger partial charge >= 0.3 is 0 Å². The van der Waals surface area contributed by atoms with Crippen LogP contribution in [0.25, 0.3) is 0 Å². The first-order valence-corrected chi connectivity index (χ1v) is 6.93. The number of rotatable bonds is 2. The third kappa shape index (κ3) is 2.37. The summed E-state index contributed by atoms with van der Waals surface area (Å²) in [6, 6.07) is 5.14. The zero-order valence-corrected chi connectivity index (χ0v) is 11.9. The van der Waals surface area contributed by atoms with E-state index in [1.807, 2.05) is 19.1 Å². The predicted molar refractivity (Wildman–Crippen MR) is 76.5 cm³/mol. The maximum absolute atomic E-state index is 6.33. The Bertz CT molecular complexity index is 624. The molecule has 20 heavy (non-hydrogen) atoms. The molecule has 1 aromatic heterocycles. The number of hydrogen-bond donors (Lipinski definition) is 1. The van der Waals surface area contributed by atoms with Gasteiger partial charge in [-0.3, -0.25) is 0 Å². The summed E-state index contributed by atoms with van der Waals surface area (Å²) < 4.78 is 16.6. The normalized spacial score (nSPS) is 15.8. The monoisotopic (exact) mass is 293 g/mol. The quantitative estimate of drug-likeness (QED) is 0.921. The summed E-state index contributed by atoms with van der Waals surface area (Å²) in [6.45, 7) is 3.15. The standard InChI is InChI=1S/C15H16ClNO3/c1-9-10(3-6-18-9)15(17)11-7-13-14(8-12(11)16)20-5-2-4-19-13/h3,6-8,15H,2,4-5,17H2,1H3. The lowest BCUT2D eigenvalue weighted by atomic mass is 9.99. The Morgan fingerprint density at radius 1 is 1.15 bits per heavy atom. The second kappa shape index (κ2) is 5.38. The molecule has 0 aliphatic carbocycles. The van der Waals surface area contributed by atoms with Gasteiger partial charge in [0.15, 0.2) is 11.5 Å². The minimum Gasteiger partial charge on any atom is -0.490 e. The summed E-state index contributed by atoms with van der Waals surface area (Å²) in [7, 11) is 0. The van der Waals surface area contributed by atoms with Gasteiger partial charge in [-0.25, -0.2) is 0 Å². The molecular weight excluding hydrogens is 278 g/mol. The second-order valence-electron chi connectivity index (χ2n) is 4.78. The topological polar surface area (TPSA) is 57.6 Å². The van der Waals surface area contributed by atoms with Crippen molar-refractivity contribution < 1.29 is 13.9 Å². The van der Waals surface area contributed by atoms with Crippen LogP contribution >= 0.6 is 11.6 Å². The fourth-order valence-electron chi connectivity index (χ4n) is 2.32. The van der Waals surface area contributed by atoms with Gasteiger partial charge in [-0.15, -0.1) is 0 Å². The van der Waals surface area contributed by atoms with E-state index in [0.29, 0.717) is 29.7 Å². The summed E-state index contributed by atoms with van der Waals surface area (Å²) in [4.78, 5) is 0. The molecule has 0 bridgehead atoms. The highest BCUT2D eigenvalue weighted by Gasteiger charge is 2.20. The van der Waals surface area contributed by atoms with E-state index < -0.39 is 0 Å². The predicted octanol–water partition coefficient (Wildman–Crippen LogP) is 3.45. The molecule has 1 unspecified atom stereocenters. The van der Waals surface area contributed by atoms with Crippen molar-refractivity contribution in [1.82, 2.24) is 0 Å². The molecule has 0 saturated heterocycles. The summed E-state index contributed by atoms with van der Waals surface area (Å²) in [6.07, 6.45) is 2.48. The number of aryl methyl sites for hydroxylation is 1. The molecule has 2 aromatic rings. The molecule has 3 rings (SSSR count). The van der Waals surface area contributed by atoms with E-state index in [1.54, 1.807) is 12.3 Å². The molecule has 5 heteroatoms. The van der Waals surface area contributed by atoms with Crippen LogP contribution in [0.5, 0.6) is 11.5 Å². The maximum atomic E-state index is 6.33. The van der Waals surface area contributed by atoms with Gasteiger partial charge in [-0.05, 0) is 24.6 Å². The van der Waals surface area contributed by atoms with Gasteiger partial charge < -0.3 is 19.6 Å². The highest BCUT2D eigenvalue weighted by Crippen LogP contribution is 2.38. The van der Waals surface area contributed by atoms with Crippen LogP contribution in [-0.2, 0) is 0 Å². The molecule has 0 fully saturated rings. The van der Waals surface area contributed by atoms with Crippen molar-refractivity contribution in [1.29, 1.82) is 0 Å². The number of halogens is 1. The molecule has 0 radical (unpaired) electrons. The molecule has 1 aliphatic heterocycles. The van der Waals surface area contributed by atoms with Gasteiger partial charge in [0.05, 0.1) is 25.5 Å². The molecule has 0 spiro atoms. The molecule has 106 valence electrons. The minimum atomic E-state index is -0.349. The van der Waals surface area contributed by atoms with Crippen molar-refractivity contribution in [2.24, 2.45) is 5.73 Å². The third-order valence-corrected chi connectivity index (χ3v) is 3.76. The number of ether oxygens (including phenoxy) is 2. The van der Waals surface area contributed by atoms with Crippen molar-refractivity contribution >= 4 is 11.6 Å². The Kier molecular flexibility index (Phi) is 3.59. The van der Waals surface area contributed by atoms with Crippen LogP contribution < -0.4 is 15.2 Å². The smallest absolute Gasteiger partial charge is 0.162 e. The Balaban J connectivity index is 2.01. The summed E-state index contributed by atoms with van der Waals surface area (Å²) in [5.74, 6) is 2.16. The molecule has 2 N–H and O–H groups in total. The van der Waals surface area contributed by atoms with Gasteiger partial charge in [-0.1, -0.05) is 11.6 Å². The lowest BCUT2D eigenvalue weighted by molar-refractivity contribution is 0.297. The fourth-order valence-corrected chi connectivity index (χ4v) is 2.59. The number of benzene rings is 1. The number of fused-ring (bicyclic) bond motifs is 1. The molecule has 1 aliphatic rings. The maximum Gasteiger partial charge on any atom is 0.162 e. The SMILES string of the molecule is Cc1occc1C(N)c1cc2c(cc1Cl)OCCCO2. The highest BCUT2D eigenvalue weighted by molar-refractivity contribution is 6.31. The summed E-state index contributed by atoms with van der Waals surface area (Å²) in [5.41, 5.74) is 8.02. The lowest BCUT2D eigenvalue weighted by Crippen LogP contribution is -2.13. The molecular formula is C15H16ClNO3. The first-order valence-electron chi connectivity index (χ1n) is 6.55. The van der Waals surface area contributed by atoms with Crippen LogP contribution in [-0.4, -0.2) is 13.2 Å². The van der Waals surface area contributed by atoms with E-state index >= 15 is 0 Å². The second-order valence-corrected chi connectivity index (χ2v) is 5.19. The van der Waals surface area contributed by atoms with Gasteiger partial charge in [0.2, 0.25) is 0 Å². The molecule has 1 aromatic carbocycles. The lowest BCUT2D eigenvalue weighted by Gasteiger charge is -2.16. The molecule has 1 atom stereocenters. The summed E-state index contributed by atoms with van der Waals surface area (Å²) in [5, 5.41) is 0.572. The van der Waals surface area contributed by atoms with Gasteiger partial charge in [-0.2, -0.15) is 0 Å². The van der Waals surface area contributed by atoms with E-state index in [1.165, 1.54) is 0 Å². The highest BCUT2D eigenvalue weighted by atomic mass is 35.5. The van der Waals surface area contributed by atoms with Gasteiger partial charge in [0.25, 0.3) is 0 Å². The first-order chi connectivity index (χ1) is 9.66. The van der Waals surface area contributed by atoms with E-state index in [2.05, 4.69) is 0 Å².